The van der Waals surface area contributed by atoms with Gasteiger partial charge in [0.1, 0.15) is 0 Å². The Hall–Kier alpha value is -0.170. The van der Waals surface area contributed by atoms with Crippen LogP contribution in [0.15, 0.2) is 0 Å². The van der Waals surface area contributed by atoms with Crippen LogP contribution in [0.1, 0.15) is 32.1 Å². The van der Waals surface area contributed by atoms with Crippen molar-refractivity contribution in [2.75, 3.05) is 12.4 Å². The van der Waals surface area contributed by atoms with Crippen molar-refractivity contribution >= 4 is 10.0 Å². The second-order valence-electron chi connectivity index (χ2n) is 4.82. The summed E-state index contributed by atoms with van der Waals surface area (Å²) >= 11 is 0. The fourth-order valence-electron chi connectivity index (χ4n) is 2.24. The summed E-state index contributed by atoms with van der Waals surface area (Å²) in [6, 6.07) is 0.210. The minimum atomic E-state index is -3.20. The molecule has 1 saturated carbocycles. The van der Waals surface area contributed by atoms with E-state index in [0.29, 0.717) is 6.61 Å². The van der Waals surface area contributed by atoms with Crippen molar-refractivity contribution in [1.82, 2.24) is 4.72 Å². The van der Waals surface area contributed by atoms with Gasteiger partial charge in [0.05, 0.1) is 11.9 Å². The van der Waals surface area contributed by atoms with Gasteiger partial charge in [-0.25, -0.2) is 13.1 Å². The Kier molecular flexibility index (Phi) is 3.84. The van der Waals surface area contributed by atoms with Crippen molar-refractivity contribution in [1.29, 1.82) is 0 Å². The van der Waals surface area contributed by atoms with E-state index < -0.39 is 10.0 Å². The lowest BCUT2D eigenvalue weighted by Gasteiger charge is -2.33. The van der Waals surface area contributed by atoms with Gasteiger partial charge in [-0.1, -0.05) is 0 Å². The standard InChI is InChI=1S/C10H20N2O3S/c11-8-5-9(6-8)12-16(13,14)7-10-3-1-2-4-15-10/h8-10,12H,1-7,11H2. The summed E-state index contributed by atoms with van der Waals surface area (Å²) in [7, 11) is -3.20. The van der Waals surface area contributed by atoms with Crippen LogP contribution in [-0.4, -0.2) is 39.0 Å². The largest absolute Gasteiger partial charge is 0.377 e. The maximum atomic E-state index is 11.8. The zero-order chi connectivity index (χ0) is 11.6. The third-order valence-corrected chi connectivity index (χ3v) is 4.70. The molecule has 1 aliphatic carbocycles. The molecule has 1 aliphatic heterocycles. The summed E-state index contributed by atoms with van der Waals surface area (Å²) < 4.78 is 31.7. The molecule has 94 valence electrons. The minimum absolute atomic E-state index is 0.0450. The van der Waals surface area contributed by atoms with Crippen molar-refractivity contribution in [3.05, 3.63) is 0 Å². The zero-order valence-electron chi connectivity index (χ0n) is 9.39. The maximum Gasteiger partial charge on any atom is 0.214 e. The topological polar surface area (TPSA) is 81.4 Å². The van der Waals surface area contributed by atoms with Gasteiger partial charge in [-0.15, -0.1) is 0 Å². The molecular weight excluding hydrogens is 228 g/mol. The molecular formula is C10H20N2O3S. The molecule has 16 heavy (non-hydrogen) atoms. The van der Waals surface area contributed by atoms with Crippen molar-refractivity contribution < 1.29 is 13.2 Å². The molecule has 2 fully saturated rings. The third kappa shape index (κ3) is 3.41. The maximum absolute atomic E-state index is 11.8. The first-order valence-electron chi connectivity index (χ1n) is 5.92. The van der Waals surface area contributed by atoms with E-state index in [1.807, 2.05) is 0 Å². The highest BCUT2D eigenvalue weighted by Crippen LogP contribution is 2.19. The lowest BCUT2D eigenvalue weighted by atomic mass is 9.89. The highest BCUT2D eigenvalue weighted by atomic mass is 32.2. The van der Waals surface area contributed by atoms with Gasteiger partial charge in [0, 0.05) is 18.7 Å². The first kappa shape index (κ1) is 12.3. The van der Waals surface area contributed by atoms with Gasteiger partial charge in [-0.05, 0) is 32.1 Å². The monoisotopic (exact) mass is 248 g/mol. The van der Waals surface area contributed by atoms with Crippen molar-refractivity contribution in [3.63, 3.8) is 0 Å². The molecule has 0 bridgehead atoms. The van der Waals surface area contributed by atoms with E-state index in [-0.39, 0.29) is 23.9 Å². The summed E-state index contributed by atoms with van der Waals surface area (Å²) in [4.78, 5) is 0. The smallest absolute Gasteiger partial charge is 0.214 e. The predicted octanol–water partition coefficient (Wildman–Crippen LogP) is -0.0354. The molecule has 5 nitrogen and oxygen atoms in total. The molecule has 2 rings (SSSR count). The Bertz CT molecular complexity index is 319. The fraction of sp³-hybridized carbons (Fsp3) is 1.00. The van der Waals surface area contributed by atoms with Crippen LogP contribution in [0.3, 0.4) is 0 Å². The lowest BCUT2D eigenvalue weighted by molar-refractivity contribution is 0.0303. The van der Waals surface area contributed by atoms with E-state index in [4.69, 9.17) is 10.5 Å². The normalized spacial score (nSPS) is 35.7. The Labute approximate surface area is 96.8 Å². The minimum Gasteiger partial charge on any atom is -0.377 e. The third-order valence-electron chi connectivity index (χ3n) is 3.20. The average molecular weight is 248 g/mol. The van der Waals surface area contributed by atoms with Crippen LogP contribution in [0, 0.1) is 0 Å². The number of sulfonamides is 1. The van der Waals surface area contributed by atoms with E-state index in [2.05, 4.69) is 4.72 Å². The average Bonchev–Trinajstić information content (AvgIpc) is 2.15. The van der Waals surface area contributed by atoms with Crippen LogP contribution >= 0.6 is 0 Å². The quantitative estimate of drug-likeness (QED) is 0.731. The van der Waals surface area contributed by atoms with E-state index in [1.54, 1.807) is 0 Å². The van der Waals surface area contributed by atoms with Crippen LogP contribution < -0.4 is 10.5 Å². The highest BCUT2D eigenvalue weighted by Gasteiger charge is 2.31. The van der Waals surface area contributed by atoms with Crippen molar-refractivity contribution in [2.45, 2.75) is 50.3 Å². The van der Waals surface area contributed by atoms with Crippen LogP contribution in [0.2, 0.25) is 0 Å². The molecule has 0 radical (unpaired) electrons. The lowest BCUT2D eigenvalue weighted by Crippen LogP contribution is -2.51. The van der Waals surface area contributed by atoms with Gasteiger partial charge in [0.25, 0.3) is 0 Å². The number of nitrogens with one attached hydrogen (secondary N) is 1. The summed E-state index contributed by atoms with van der Waals surface area (Å²) in [5.41, 5.74) is 5.61. The summed E-state index contributed by atoms with van der Waals surface area (Å²) in [6.45, 7) is 0.689. The molecule has 3 N–H and O–H groups in total. The van der Waals surface area contributed by atoms with Crippen LogP contribution in [0.4, 0.5) is 0 Å². The van der Waals surface area contributed by atoms with Gasteiger partial charge in [-0.3, -0.25) is 0 Å². The fourth-order valence-corrected chi connectivity index (χ4v) is 3.79. The van der Waals surface area contributed by atoms with E-state index in [1.165, 1.54) is 0 Å². The summed E-state index contributed by atoms with van der Waals surface area (Å²) in [5.74, 6) is 0.0960. The van der Waals surface area contributed by atoms with Crippen LogP contribution in [-0.2, 0) is 14.8 Å². The Balaban J connectivity index is 1.78. The van der Waals surface area contributed by atoms with E-state index in [0.717, 1.165) is 32.1 Å². The zero-order valence-corrected chi connectivity index (χ0v) is 10.2. The number of ether oxygens (including phenoxy) is 1. The molecule has 0 aromatic heterocycles. The molecule has 1 saturated heterocycles. The summed E-state index contributed by atoms with van der Waals surface area (Å²) in [5, 5.41) is 0. The molecule has 6 heteroatoms. The van der Waals surface area contributed by atoms with Gasteiger partial charge in [0.15, 0.2) is 0 Å². The molecule has 1 unspecified atom stereocenters. The van der Waals surface area contributed by atoms with Crippen molar-refractivity contribution in [3.8, 4) is 0 Å². The molecule has 0 aromatic carbocycles. The first-order chi connectivity index (χ1) is 7.55. The second-order valence-corrected chi connectivity index (χ2v) is 6.61. The van der Waals surface area contributed by atoms with Crippen molar-refractivity contribution in [2.24, 2.45) is 5.73 Å². The highest BCUT2D eigenvalue weighted by molar-refractivity contribution is 7.89. The molecule has 2 aliphatic rings. The van der Waals surface area contributed by atoms with E-state index >= 15 is 0 Å². The molecule has 0 aromatic rings. The number of hydrogen-bond acceptors (Lipinski definition) is 4. The van der Waals surface area contributed by atoms with E-state index in [9.17, 15) is 8.42 Å². The Morgan fingerprint density at radius 2 is 2.06 bits per heavy atom. The molecule has 1 heterocycles. The van der Waals surface area contributed by atoms with Gasteiger partial charge >= 0.3 is 0 Å². The molecule has 1 atom stereocenters. The molecule has 0 amide bonds. The van der Waals surface area contributed by atoms with Gasteiger partial charge in [0.2, 0.25) is 10.0 Å². The SMILES string of the molecule is NC1CC(NS(=O)(=O)CC2CCCCO2)C1. The summed E-state index contributed by atoms with van der Waals surface area (Å²) in [6.07, 6.45) is 4.34. The number of rotatable bonds is 4. The Morgan fingerprint density at radius 1 is 1.31 bits per heavy atom. The van der Waals surface area contributed by atoms with Gasteiger partial charge in [-0.2, -0.15) is 0 Å². The molecule has 0 spiro atoms. The number of hydrogen-bond donors (Lipinski definition) is 2. The van der Waals surface area contributed by atoms with Crippen LogP contribution in [0.25, 0.3) is 0 Å². The number of nitrogens with two attached hydrogens (primary N) is 1. The van der Waals surface area contributed by atoms with Gasteiger partial charge < -0.3 is 10.5 Å². The van der Waals surface area contributed by atoms with Crippen LogP contribution in [0.5, 0.6) is 0 Å². The Morgan fingerprint density at radius 3 is 2.62 bits per heavy atom. The predicted molar refractivity (Wildman–Crippen MR) is 61.5 cm³/mol. The first-order valence-corrected chi connectivity index (χ1v) is 7.57. The second kappa shape index (κ2) is 5.00.